The van der Waals surface area contributed by atoms with E-state index in [9.17, 15) is 0 Å². The van der Waals surface area contributed by atoms with Crippen molar-refractivity contribution in [3.8, 4) is 0 Å². The smallest absolute Gasteiger partial charge is 0.0319 e. The van der Waals surface area contributed by atoms with Crippen molar-refractivity contribution in [3.05, 3.63) is 0 Å². The van der Waals surface area contributed by atoms with Crippen LogP contribution in [0.15, 0.2) is 0 Å². The first-order valence-corrected chi connectivity index (χ1v) is 1.34. The van der Waals surface area contributed by atoms with Gasteiger partial charge >= 0.3 is 0 Å². The maximum Gasteiger partial charge on any atom is 0.0319 e. The largest absolute Gasteiger partial charge is 0.400 e. The molecule has 0 aromatic rings. The van der Waals surface area contributed by atoms with Crippen LogP contribution in [0, 0.1) is 0 Å². The van der Waals surface area contributed by atoms with Gasteiger partial charge < -0.3 is 15.3 Å². The van der Waals surface area contributed by atoms with E-state index >= 15 is 0 Å². The molecule has 54 valence electrons. The molecule has 0 heterocycles. The van der Waals surface area contributed by atoms with Crippen molar-refractivity contribution < 1.29 is 41.2 Å². The monoisotopic (exact) mass is 312 g/mol. The third-order valence-electron chi connectivity index (χ3n) is 0. The molecule has 0 radical (unpaired) electrons. The molecule has 3 N–H and O–H groups in total. The molecule has 0 aromatic heterocycles. The van der Waals surface area contributed by atoms with E-state index < -0.39 is 0 Å². The minimum Gasteiger partial charge on any atom is -0.400 e. The van der Waals surface area contributed by atoms with Crippen LogP contribution < -0.4 is 0 Å². The molecule has 0 amide bonds. The second kappa shape index (κ2) is 368. The molecule has 0 saturated carbocycles. The van der Waals surface area contributed by atoms with Crippen LogP contribution in [0.1, 0.15) is 0 Å². The molecule has 0 unspecified atom stereocenters. The molecule has 0 aliphatic heterocycles. The van der Waals surface area contributed by atoms with Gasteiger partial charge in [-0.1, -0.05) is 0 Å². The molecule has 0 atom stereocenters. The Bertz CT molecular complexity index is 14.5. The summed E-state index contributed by atoms with van der Waals surface area (Å²) in [5.41, 5.74) is 0. The fraction of sp³-hybridized carbons (Fsp3) is 1.00. The van der Waals surface area contributed by atoms with E-state index in [-0.39, 0.29) is 38.3 Å². The molecular formula is C3H13ClHfO3. The van der Waals surface area contributed by atoms with Crippen LogP contribution in [0.25, 0.3) is 0 Å². The first-order chi connectivity index (χ1) is 3.00. The first kappa shape index (κ1) is 35.8. The Kier molecular flexibility index (Phi) is 1650. The summed E-state index contributed by atoms with van der Waals surface area (Å²) in [5.74, 6) is 0. The van der Waals surface area contributed by atoms with E-state index in [4.69, 9.17) is 15.3 Å². The number of hydrogen-bond donors (Lipinski definition) is 3. The van der Waals surface area contributed by atoms with Gasteiger partial charge in [0.05, 0.1) is 0 Å². The zero-order valence-corrected chi connectivity index (χ0v) is 9.66. The molecule has 0 bridgehead atoms. The van der Waals surface area contributed by atoms with Crippen molar-refractivity contribution in [2.75, 3.05) is 21.3 Å². The van der Waals surface area contributed by atoms with Crippen LogP contribution in [0.2, 0.25) is 0 Å². The van der Waals surface area contributed by atoms with Gasteiger partial charge in [0.15, 0.2) is 0 Å². The van der Waals surface area contributed by atoms with Crippen LogP contribution in [0.5, 0.6) is 0 Å². The first-order valence-electron chi connectivity index (χ1n) is 1.34. The zero-order chi connectivity index (χ0) is 6.00. The van der Waals surface area contributed by atoms with Gasteiger partial charge in [-0.05, 0) is 0 Å². The molecule has 0 aliphatic carbocycles. The third-order valence-corrected chi connectivity index (χ3v) is 0. The molecule has 0 aliphatic rings. The normalized spacial score (nSPS) is 2.25. The fourth-order valence-electron chi connectivity index (χ4n) is 0. The SMILES string of the molecule is CO.CO.CO.Cl.[Hf]. The molecule has 8 heavy (non-hydrogen) atoms. The summed E-state index contributed by atoms with van der Waals surface area (Å²) in [7, 11) is 3.00. The standard InChI is InChI=1S/3CH4O.ClH.Hf/c3*1-2;;/h3*2H,1H3;1H;. The summed E-state index contributed by atoms with van der Waals surface area (Å²) in [5, 5.41) is 21.0. The van der Waals surface area contributed by atoms with Gasteiger partial charge in [-0.3, -0.25) is 0 Å². The molecule has 5 heteroatoms. The summed E-state index contributed by atoms with van der Waals surface area (Å²) < 4.78 is 0. The number of rotatable bonds is 0. The Morgan fingerprint density at radius 3 is 0.625 bits per heavy atom. The van der Waals surface area contributed by atoms with Crippen LogP contribution in [0.3, 0.4) is 0 Å². The van der Waals surface area contributed by atoms with Gasteiger partial charge in [0.25, 0.3) is 0 Å². The average molecular weight is 311 g/mol. The van der Waals surface area contributed by atoms with Gasteiger partial charge in [-0.25, -0.2) is 0 Å². The molecule has 0 spiro atoms. The maximum absolute atomic E-state index is 7.00. The Morgan fingerprint density at radius 1 is 0.625 bits per heavy atom. The van der Waals surface area contributed by atoms with E-state index in [1.807, 2.05) is 0 Å². The number of hydrogen-bond acceptors (Lipinski definition) is 3. The molecule has 0 rings (SSSR count). The van der Waals surface area contributed by atoms with Gasteiger partial charge in [-0.15, -0.1) is 12.4 Å². The average Bonchev–Trinajstić information content (AvgIpc) is 1.81. The van der Waals surface area contributed by atoms with E-state index in [0.717, 1.165) is 21.3 Å². The van der Waals surface area contributed by atoms with Gasteiger partial charge in [0, 0.05) is 47.2 Å². The van der Waals surface area contributed by atoms with Gasteiger partial charge in [0.2, 0.25) is 0 Å². The van der Waals surface area contributed by atoms with Crippen molar-refractivity contribution in [2.24, 2.45) is 0 Å². The van der Waals surface area contributed by atoms with Crippen molar-refractivity contribution in [2.45, 2.75) is 0 Å². The number of halogens is 1. The van der Waals surface area contributed by atoms with Crippen molar-refractivity contribution >= 4 is 12.4 Å². The second-order valence-electron chi connectivity index (χ2n) is 0. The molecule has 0 saturated heterocycles. The van der Waals surface area contributed by atoms with E-state index in [1.165, 1.54) is 0 Å². The topological polar surface area (TPSA) is 60.7 Å². The Labute approximate surface area is 74.9 Å². The van der Waals surface area contributed by atoms with Crippen molar-refractivity contribution in [1.82, 2.24) is 0 Å². The van der Waals surface area contributed by atoms with E-state index in [2.05, 4.69) is 0 Å². The number of aliphatic hydroxyl groups excluding tert-OH is 3. The van der Waals surface area contributed by atoms with Gasteiger partial charge in [-0.2, -0.15) is 0 Å². The molecular weight excluding hydrogens is 298 g/mol. The summed E-state index contributed by atoms with van der Waals surface area (Å²) in [6.07, 6.45) is 0. The Balaban J connectivity index is -0.00000000500. The minimum absolute atomic E-state index is 0. The second-order valence-corrected chi connectivity index (χ2v) is 0. The molecule has 3 nitrogen and oxygen atoms in total. The maximum atomic E-state index is 7.00. The predicted octanol–water partition coefficient (Wildman–Crippen LogP) is -0.755. The van der Waals surface area contributed by atoms with Crippen LogP contribution in [-0.4, -0.2) is 36.6 Å². The van der Waals surface area contributed by atoms with E-state index in [0.29, 0.717) is 0 Å². The fourth-order valence-corrected chi connectivity index (χ4v) is 0. The summed E-state index contributed by atoms with van der Waals surface area (Å²) in [6, 6.07) is 0. The predicted molar refractivity (Wildman–Crippen MR) is 31.7 cm³/mol. The minimum atomic E-state index is 0. The third kappa shape index (κ3) is 237. The molecule has 0 fully saturated rings. The van der Waals surface area contributed by atoms with Crippen LogP contribution >= 0.6 is 12.4 Å². The zero-order valence-electron chi connectivity index (χ0n) is 5.25. The number of aliphatic hydroxyl groups is 3. The Hall–Kier alpha value is 1.04. The Morgan fingerprint density at radius 2 is 0.625 bits per heavy atom. The van der Waals surface area contributed by atoms with Crippen LogP contribution in [-0.2, 0) is 25.8 Å². The summed E-state index contributed by atoms with van der Waals surface area (Å²) in [6.45, 7) is 0. The molecule has 0 aromatic carbocycles. The summed E-state index contributed by atoms with van der Waals surface area (Å²) >= 11 is 0. The van der Waals surface area contributed by atoms with Crippen molar-refractivity contribution in [3.63, 3.8) is 0 Å². The summed E-state index contributed by atoms with van der Waals surface area (Å²) in [4.78, 5) is 0. The quantitative estimate of drug-likeness (QED) is 0.516. The van der Waals surface area contributed by atoms with E-state index in [1.54, 1.807) is 0 Å². The van der Waals surface area contributed by atoms with Crippen LogP contribution in [0.4, 0.5) is 0 Å². The van der Waals surface area contributed by atoms with Gasteiger partial charge in [0.1, 0.15) is 0 Å². The van der Waals surface area contributed by atoms with Crippen molar-refractivity contribution in [1.29, 1.82) is 0 Å².